The van der Waals surface area contributed by atoms with Gasteiger partial charge in [0.05, 0.1) is 11.1 Å². The molecule has 1 aromatic heterocycles. The minimum atomic E-state index is -0.467. The molecule has 364 valence electrons. The molecule has 0 saturated carbocycles. The van der Waals surface area contributed by atoms with E-state index < -0.39 is 5.41 Å². The van der Waals surface area contributed by atoms with E-state index in [4.69, 9.17) is 0 Å². The van der Waals surface area contributed by atoms with E-state index >= 15 is 0 Å². The largest absolute Gasteiger partial charge is 0.311 e. The SMILES string of the molecule is Cc1cc2c3c(c1)N(c1ccc(C(C)(C)C)cc1)c1c(sc4c1-c1ccccc1C41c4ccccc4-c4ccccc41)B3c1ccc(-c3cc(C(C)C)ccc3-c3ccccc3)cc1N2c1ccc(C(C)(C)C)cc1. The van der Waals surface area contributed by atoms with Crippen LogP contribution >= 0.6 is 11.3 Å². The molecule has 2 aliphatic carbocycles. The van der Waals surface area contributed by atoms with E-state index in [1.54, 1.807) is 0 Å². The van der Waals surface area contributed by atoms with Crippen molar-refractivity contribution in [2.24, 2.45) is 0 Å². The molecule has 0 unspecified atom stereocenters. The quantitative estimate of drug-likeness (QED) is 0.159. The second-order valence-corrected chi connectivity index (χ2v) is 25.0. The maximum Gasteiger partial charge on any atom is 0.264 e. The average Bonchev–Trinajstić information content (AvgIpc) is 4.11. The second-order valence-electron chi connectivity index (χ2n) is 23.9. The molecule has 0 N–H and O–H groups in total. The minimum absolute atomic E-state index is 0.0148. The van der Waals surface area contributed by atoms with Crippen molar-refractivity contribution < 1.29 is 0 Å². The van der Waals surface area contributed by atoms with Gasteiger partial charge in [-0.3, -0.25) is 0 Å². The summed E-state index contributed by atoms with van der Waals surface area (Å²) in [7, 11) is 0. The molecular weight excluding hydrogens is 924 g/mol. The van der Waals surface area contributed by atoms with Crippen LogP contribution in [0.2, 0.25) is 0 Å². The standard InChI is InChI=1S/C71H61BN2S/c1-43(2)46-27-37-52(45-19-11-10-12-20-45)56(41-46)47-28-38-60-61(42-47)73(50-33-29-48(30-34-50)69(4,5)6)62-39-44(3)40-63-65(62)72(60)68-66(74(63)51-35-31-49(32-36-51)70(7,8)9)64-55-23-15-18-26-59(55)71(67(64)75-68)57-24-16-13-21-53(57)54-22-14-17-25-58(54)71/h10-43H,1-9H3. The number of fused-ring (bicyclic) bond motifs is 15. The molecule has 0 fully saturated rings. The number of hydrogen-bond donors (Lipinski definition) is 0. The van der Waals surface area contributed by atoms with Gasteiger partial charge in [-0.2, -0.15) is 0 Å². The lowest BCUT2D eigenvalue weighted by atomic mass is 9.36. The Labute approximate surface area is 448 Å². The fourth-order valence-corrected chi connectivity index (χ4v) is 15.0. The van der Waals surface area contributed by atoms with Crippen LogP contribution in [0.1, 0.15) is 105 Å². The third-order valence-electron chi connectivity index (χ3n) is 17.0. The van der Waals surface area contributed by atoms with Crippen molar-refractivity contribution in [3.8, 4) is 44.5 Å². The summed E-state index contributed by atoms with van der Waals surface area (Å²) in [6.07, 6.45) is 0. The first kappa shape index (κ1) is 45.9. The first-order valence-corrected chi connectivity index (χ1v) is 27.8. The summed E-state index contributed by atoms with van der Waals surface area (Å²) in [5.74, 6) is 0.388. The zero-order chi connectivity index (χ0) is 51.3. The van der Waals surface area contributed by atoms with Gasteiger partial charge in [0, 0.05) is 43.7 Å². The molecule has 0 radical (unpaired) electrons. The van der Waals surface area contributed by atoms with Crippen molar-refractivity contribution in [3.63, 3.8) is 0 Å². The number of benzene rings is 9. The molecule has 4 heteroatoms. The summed E-state index contributed by atoms with van der Waals surface area (Å²) >= 11 is 2.06. The predicted octanol–water partition coefficient (Wildman–Crippen LogP) is 17.5. The predicted molar refractivity (Wildman–Crippen MR) is 322 cm³/mol. The summed E-state index contributed by atoms with van der Waals surface area (Å²) in [6, 6.07) is 77.3. The Bertz CT molecular complexity index is 3910. The lowest BCUT2D eigenvalue weighted by Gasteiger charge is -2.44. The Morgan fingerprint density at radius 2 is 1.00 bits per heavy atom. The van der Waals surface area contributed by atoms with Gasteiger partial charge in [0.2, 0.25) is 0 Å². The van der Waals surface area contributed by atoms with Gasteiger partial charge in [-0.05, 0) is 155 Å². The fourth-order valence-electron chi connectivity index (χ4n) is 13.3. The Morgan fingerprint density at radius 1 is 0.467 bits per heavy atom. The van der Waals surface area contributed by atoms with Gasteiger partial charge in [-0.1, -0.05) is 213 Å². The van der Waals surface area contributed by atoms with E-state index in [1.807, 2.05) is 0 Å². The minimum Gasteiger partial charge on any atom is -0.311 e. The van der Waals surface area contributed by atoms with Crippen LogP contribution in [0.3, 0.4) is 0 Å². The lowest BCUT2D eigenvalue weighted by molar-refractivity contribution is 0.590. The molecule has 0 amide bonds. The summed E-state index contributed by atoms with van der Waals surface area (Å²) in [5.41, 5.74) is 29.3. The van der Waals surface area contributed by atoms with E-state index in [0.29, 0.717) is 5.92 Å². The molecule has 0 saturated heterocycles. The highest BCUT2D eigenvalue weighted by molar-refractivity contribution is 7.30. The van der Waals surface area contributed by atoms with Crippen molar-refractivity contribution in [2.75, 3.05) is 9.80 Å². The van der Waals surface area contributed by atoms with Gasteiger partial charge in [0.25, 0.3) is 6.71 Å². The van der Waals surface area contributed by atoms with Crippen LogP contribution in [0.15, 0.2) is 200 Å². The Morgan fingerprint density at radius 3 is 1.59 bits per heavy atom. The van der Waals surface area contributed by atoms with Crippen molar-refractivity contribution in [3.05, 3.63) is 244 Å². The Kier molecular flexibility index (Phi) is 10.1. The van der Waals surface area contributed by atoms with Gasteiger partial charge in [0.1, 0.15) is 0 Å². The summed E-state index contributed by atoms with van der Waals surface area (Å²) < 4.78 is 1.40. The van der Waals surface area contributed by atoms with E-state index in [1.165, 1.54) is 138 Å². The topological polar surface area (TPSA) is 6.48 Å². The molecule has 75 heavy (non-hydrogen) atoms. The molecule has 3 heterocycles. The molecule has 4 aliphatic rings. The van der Waals surface area contributed by atoms with E-state index in [9.17, 15) is 0 Å². The molecule has 2 aliphatic heterocycles. The van der Waals surface area contributed by atoms with Crippen molar-refractivity contribution in [1.82, 2.24) is 0 Å². The number of aryl methyl sites for hydroxylation is 1. The van der Waals surface area contributed by atoms with E-state index in [2.05, 4.69) is 284 Å². The number of rotatable bonds is 5. The third kappa shape index (κ3) is 6.64. The fraction of sp³-hybridized carbons (Fsp3) is 0.183. The third-order valence-corrected chi connectivity index (χ3v) is 18.4. The highest BCUT2D eigenvalue weighted by Gasteiger charge is 2.57. The molecule has 2 nitrogen and oxygen atoms in total. The monoisotopic (exact) mass is 984 g/mol. The summed E-state index contributed by atoms with van der Waals surface area (Å²) in [6.45, 7) is 20.8. The van der Waals surface area contributed by atoms with Crippen molar-refractivity contribution in [1.29, 1.82) is 0 Å². The van der Waals surface area contributed by atoms with Gasteiger partial charge < -0.3 is 9.80 Å². The second kappa shape index (κ2) is 16.4. The van der Waals surface area contributed by atoms with Gasteiger partial charge in [-0.25, -0.2) is 0 Å². The van der Waals surface area contributed by atoms with Crippen molar-refractivity contribution >= 4 is 67.9 Å². The first-order valence-electron chi connectivity index (χ1n) is 27.0. The van der Waals surface area contributed by atoms with Crippen LogP contribution in [0.25, 0.3) is 44.5 Å². The first-order chi connectivity index (χ1) is 36.2. The summed E-state index contributed by atoms with van der Waals surface area (Å²) in [4.78, 5) is 6.70. The van der Waals surface area contributed by atoms with Crippen LogP contribution in [0, 0.1) is 6.92 Å². The highest BCUT2D eigenvalue weighted by atomic mass is 32.1. The molecule has 0 bridgehead atoms. The lowest BCUT2D eigenvalue weighted by Crippen LogP contribution is -2.60. The molecular formula is C71H61BN2S. The van der Waals surface area contributed by atoms with E-state index in [0.717, 1.165) is 0 Å². The maximum atomic E-state index is 2.67. The van der Waals surface area contributed by atoms with Gasteiger partial charge >= 0.3 is 0 Å². The summed E-state index contributed by atoms with van der Waals surface area (Å²) in [5, 5.41) is 0. The number of hydrogen-bond acceptors (Lipinski definition) is 3. The van der Waals surface area contributed by atoms with Crippen LogP contribution in [0.4, 0.5) is 34.1 Å². The Balaban J connectivity index is 1.10. The molecule has 0 atom stereocenters. The molecule has 9 aromatic carbocycles. The smallest absolute Gasteiger partial charge is 0.264 e. The zero-order valence-electron chi connectivity index (χ0n) is 44.5. The molecule has 14 rings (SSSR count). The van der Waals surface area contributed by atoms with Crippen LogP contribution in [0.5, 0.6) is 0 Å². The number of anilines is 6. The van der Waals surface area contributed by atoms with Gasteiger partial charge in [0.15, 0.2) is 0 Å². The van der Waals surface area contributed by atoms with Crippen LogP contribution in [-0.4, -0.2) is 6.71 Å². The van der Waals surface area contributed by atoms with Gasteiger partial charge in [-0.15, -0.1) is 11.3 Å². The number of thiophene rings is 1. The average molecular weight is 985 g/mol. The molecule has 10 aromatic rings. The maximum absolute atomic E-state index is 2.67. The molecule has 1 spiro atoms. The zero-order valence-corrected chi connectivity index (χ0v) is 45.3. The number of nitrogens with zero attached hydrogens (tertiary/aromatic N) is 2. The van der Waals surface area contributed by atoms with Crippen molar-refractivity contribution in [2.45, 2.75) is 84.5 Å². The Hall–Kier alpha value is -7.66. The highest BCUT2D eigenvalue weighted by Crippen LogP contribution is 2.67. The van der Waals surface area contributed by atoms with E-state index in [-0.39, 0.29) is 17.5 Å². The van der Waals surface area contributed by atoms with Crippen LogP contribution in [-0.2, 0) is 16.2 Å². The van der Waals surface area contributed by atoms with Crippen LogP contribution < -0.4 is 25.5 Å². The normalized spacial score (nSPS) is 14.3.